The van der Waals surface area contributed by atoms with E-state index in [0.717, 1.165) is 13.0 Å². The van der Waals surface area contributed by atoms with E-state index < -0.39 is 0 Å². The van der Waals surface area contributed by atoms with Crippen molar-refractivity contribution in [1.82, 2.24) is 25.1 Å². The van der Waals surface area contributed by atoms with E-state index in [-0.39, 0.29) is 11.9 Å². The largest absolute Gasteiger partial charge is 0.494 e. The molecule has 0 saturated carbocycles. The summed E-state index contributed by atoms with van der Waals surface area (Å²) in [6.45, 7) is 5.09. The molecule has 1 aromatic carbocycles. The van der Waals surface area contributed by atoms with Gasteiger partial charge < -0.3 is 9.64 Å². The highest BCUT2D eigenvalue weighted by atomic mass is 16.5. The number of tetrazole rings is 1. The van der Waals surface area contributed by atoms with Crippen LogP contribution in [0.4, 0.5) is 0 Å². The fraction of sp³-hybridized carbons (Fsp3) is 0.500. The molecular formula is C16H21N5O2. The van der Waals surface area contributed by atoms with Crippen molar-refractivity contribution in [2.24, 2.45) is 5.92 Å². The maximum atomic E-state index is 12.9. The molecule has 0 spiro atoms. The number of benzene rings is 1. The summed E-state index contributed by atoms with van der Waals surface area (Å²) >= 11 is 0. The number of aromatic nitrogens is 4. The molecular weight excluding hydrogens is 294 g/mol. The molecule has 0 bridgehead atoms. The minimum atomic E-state index is 0.0426. The highest BCUT2D eigenvalue weighted by Gasteiger charge is 2.28. The van der Waals surface area contributed by atoms with E-state index in [1.165, 1.54) is 17.4 Å². The molecule has 7 nitrogen and oxygen atoms in total. The van der Waals surface area contributed by atoms with E-state index in [1.807, 2.05) is 4.90 Å². The first kappa shape index (κ1) is 15.5. The number of likely N-dealkylation sites (tertiary alicyclic amines) is 1. The van der Waals surface area contributed by atoms with E-state index in [9.17, 15) is 4.79 Å². The molecule has 1 aliphatic heterocycles. The predicted molar refractivity (Wildman–Crippen MR) is 84.6 cm³/mol. The van der Waals surface area contributed by atoms with Gasteiger partial charge in [0.2, 0.25) is 0 Å². The first-order valence-electron chi connectivity index (χ1n) is 7.82. The van der Waals surface area contributed by atoms with Crippen molar-refractivity contribution < 1.29 is 9.53 Å². The Bertz CT molecular complexity index is 686. The number of carbonyl (C=O) groups excluding carboxylic acids is 1. The Morgan fingerprint density at radius 2 is 2.13 bits per heavy atom. The third kappa shape index (κ3) is 3.04. The molecule has 2 atom stereocenters. The second kappa shape index (κ2) is 6.36. The number of amides is 1. The number of methoxy groups -OCH3 is 1. The number of piperidine rings is 1. The Kier molecular flexibility index (Phi) is 4.27. The van der Waals surface area contributed by atoms with E-state index in [2.05, 4.69) is 29.4 Å². The summed E-state index contributed by atoms with van der Waals surface area (Å²) in [5.41, 5.74) is 1.28. The fourth-order valence-corrected chi connectivity index (χ4v) is 3.01. The first-order chi connectivity index (χ1) is 11.1. The minimum Gasteiger partial charge on any atom is -0.494 e. The molecule has 0 aliphatic carbocycles. The van der Waals surface area contributed by atoms with Gasteiger partial charge in [-0.15, -0.1) is 5.10 Å². The average molecular weight is 315 g/mol. The normalized spacial score (nSPS) is 21.3. The molecule has 1 amide bonds. The zero-order valence-corrected chi connectivity index (χ0v) is 13.6. The first-order valence-corrected chi connectivity index (χ1v) is 7.82. The van der Waals surface area contributed by atoms with Gasteiger partial charge in [-0.25, -0.2) is 0 Å². The summed E-state index contributed by atoms with van der Waals surface area (Å²) in [6.07, 6.45) is 3.70. The van der Waals surface area contributed by atoms with E-state index in [0.29, 0.717) is 22.9 Å². The molecule has 1 saturated heterocycles. The second-order valence-electron chi connectivity index (χ2n) is 6.13. The summed E-state index contributed by atoms with van der Waals surface area (Å²) in [5, 5.41) is 11.2. The number of rotatable bonds is 3. The standard InChI is InChI=1S/C16H21N5O2/c1-11-4-5-12(2)20(9-11)16(22)13-6-7-15(23-3)14(8-13)21-10-17-18-19-21/h6-8,10-12H,4-5,9H2,1-3H3/t11-,12+/m1/s1. The molecule has 0 N–H and O–H groups in total. The summed E-state index contributed by atoms with van der Waals surface area (Å²) in [7, 11) is 1.58. The van der Waals surface area contributed by atoms with Crippen molar-refractivity contribution in [1.29, 1.82) is 0 Å². The van der Waals surface area contributed by atoms with Crippen molar-refractivity contribution in [3.8, 4) is 11.4 Å². The van der Waals surface area contributed by atoms with Crippen LogP contribution in [0.25, 0.3) is 5.69 Å². The van der Waals surface area contributed by atoms with Crippen LogP contribution in [0.1, 0.15) is 37.0 Å². The van der Waals surface area contributed by atoms with E-state index in [4.69, 9.17) is 4.74 Å². The zero-order chi connectivity index (χ0) is 16.4. The fourth-order valence-electron chi connectivity index (χ4n) is 3.01. The molecule has 2 aromatic rings. The third-order valence-electron chi connectivity index (χ3n) is 4.40. The van der Waals surface area contributed by atoms with Crippen LogP contribution in [-0.2, 0) is 0 Å². The molecule has 23 heavy (non-hydrogen) atoms. The van der Waals surface area contributed by atoms with Crippen LogP contribution in [0, 0.1) is 5.92 Å². The predicted octanol–water partition coefficient (Wildman–Crippen LogP) is 1.93. The zero-order valence-electron chi connectivity index (χ0n) is 13.6. The van der Waals surface area contributed by atoms with Gasteiger partial charge in [-0.1, -0.05) is 6.92 Å². The quantitative estimate of drug-likeness (QED) is 0.865. The summed E-state index contributed by atoms with van der Waals surface area (Å²) < 4.78 is 6.84. The molecule has 2 heterocycles. The van der Waals surface area contributed by atoms with Crippen molar-refractivity contribution in [2.45, 2.75) is 32.7 Å². The number of hydrogen-bond donors (Lipinski definition) is 0. The van der Waals surface area contributed by atoms with Gasteiger partial charge in [0.05, 0.1) is 7.11 Å². The van der Waals surface area contributed by atoms with Gasteiger partial charge in [-0.2, -0.15) is 4.68 Å². The van der Waals surface area contributed by atoms with Gasteiger partial charge >= 0.3 is 0 Å². The number of hydrogen-bond acceptors (Lipinski definition) is 5. The molecule has 0 unspecified atom stereocenters. The molecule has 1 fully saturated rings. The Morgan fingerprint density at radius 1 is 1.30 bits per heavy atom. The lowest BCUT2D eigenvalue weighted by atomic mass is 9.94. The van der Waals surface area contributed by atoms with Gasteiger partial charge in [0.15, 0.2) is 0 Å². The SMILES string of the molecule is COc1ccc(C(=O)N2C[C@H](C)CC[C@@H]2C)cc1-n1cnnn1. The van der Waals surface area contributed by atoms with Crippen LogP contribution in [0.3, 0.4) is 0 Å². The van der Waals surface area contributed by atoms with E-state index in [1.54, 1.807) is 25.3 Å². The van der Waals surface area contributed by atoms with Crippen LogP contribution in [0.5, 0.6) is 5.75 Å². The maximum Gasteiger partial charge on any atom is 0.254 e. The van der Waals surface area contributed by atoms with Crippen molar-refractivity contribution >= 4 is 5.91 Å². The van der Waals surface area contributed by atoms with Crippen LogP contribution >= 0.6 is 0 Å². The number of carbonyl (C=O) groups is 1. The Morgan fingerprint density at radius 3 is 2.83 bits per heavy atom. The number of ether oxygens (including phenoxy) is 1. The van der Waals surface area contributed by atoms with E-state index >= 15 is 0 Å². The van der Waals surface area contributed by atoms with Crippen LogP contribution in [0.2, 0.25) is 0 Å². The Hall–Kier alpha value is -2.44. The van der Waals surface area contributed by atoms with Gasteiger partial charge in [0, 0.05) is 18.2 Å². The summed E-state index contributed by atoms with van der Waals surface area (Å²) in [5.74, 6) is 1.20. The topological polar surface area (TPSA) is 73.1 Å². The van der Waals surface area contributed by atoms with Crippen molar-refractivity contribution in [3.05, 3.63) is 30.1 Å². The highest BCUT2D eigenvalue weighted by molar-refractivity contribution is 5.95. The van der Waals surface area contributed by atoms with Crippen molar-refractivity contribution in [3.63, 3.8) is 0 Å². The molecule has 1 aliphatic rings. The molecule has 7 heteroatoms. The van der Waals surface area contributed by atoms with Gasteiger partial charge in [0.25, 0.3) is 5.91 Å². The monoisotopic (exact) mass is 315 g/mol. The molecule has 0 radical (unpaired) electrons. The maximum absolute atomic E-state index is 12.9. The van der Waals surface area contributed by atoms with Crippen molar-refractivity contribution in [2.75, 3.05) is 13.7 Å². The molecule has 3 rings (SSSR count). The lowest BCUT2D eigenvalue weighted by Crippen LogP contribution is -2.44. The van der Waals surface area contributed by atoms with Gasteiger partial charge in [0.1, 0.15) is 17.8 Å². The summed E-state index contributed by atoms with van der Waals surface area (Å²) in [6, 6.07) is 5.62. The lowest BCUT2D eigenvalue weighted by Gasteiger charge is -2.37. The molecule has 122 valence electrons. The number of nitrogens with zero attached hydrogens (tertiary/aromatic N) is 5. The van der Waals surface area contributed by atoms with Crippen LogP contribution in [0.15, 0.2) is 24.5 Å². The smallest absolute Gasteiger partial charge is 0.254 e. The minimum absolute atomic E-state index is 0.0426. The lowest BCUT2D eigenvalue weighted by molar-refractivity contribution is 0.0574. The molecule has 1 aromatic heterocycles. The summed E-state index contributed by atoms with van der Waals surface area (Å²) in [4.78, 5) is 14.9. The Labute approximate surface area is 135 Å². The van der Waals surface area contributed by atoms with Gasteiger partial charge in [-0.3, -0.25) is 4.79 Å². The highest BCUT2D eigenvalue weighted by Crippen LogP contribution is 2.27. The average Bonchev–Trinajstić information content (AvgIpc) is 3.10. The second-order valence-corrected chi connectivity index (χ2v) is 6.13. The third-order valence-corrected chi connectivity index (χ3v) is 4.40. The Balaban J connectivity index is 1.93. The van der Waals surface area contributed by atoms with Gasteiger partial charge in [-0.05, 0) is 54.3 Å². The van der Waals surface area contributed by atoms with Crippen LogP contribution < -0.4 is 4.74 Å². The van der Waals surface area contributed by atoms with Crippen LogP contribution in [-0.4, -0.2) is 50.7 Å².